The Labute approximate surface area is 85.5 Å². The largest absolute Gasteiger partial charge is 0.393 e. The number of hydrogen-bond donors (Lipinski definition) is 3. The van der Waals surface area contributed by atoms with Gasteiger partial charge >= 0.3 is 0 Å². The van der Waals surface area contributed by atoms with Crippen molar-refractivity contribution in [1.82, 2.24) is 5.32 Å². The summed E-state index contributed by atoms with van der Waals surface area (Å²) in [5.74, 6) is 0. The van der Waals surface area contributed by atoms with Gasteiger partial charge in [-0.05, 0) is 45.4 Å². The molecule has 0 heterocycles. The maximum Gasteiger partial charge on any atom is 0.0772 e. The van der Waals surface area contributed by atoms with Gasteiger partial charge in [-0.15, -0.1) is 0 Å². The second-order valence-corrected chi connectivity index (χ2v) is 5.12. The molecule has 0 saturated heterocycles. The van der Waals surface area contributed by atoms with Crippen LogP contribution < -0.4 is 5.32 Å². The molecule has 3 nitrogen and oxygen atoms in total. The van der Waals surface area contributed by atoms with Crippen LogP contribution in [-0.2, 0) is 0 Å². The molecule has 2 rings (SSSR count). The summed E-state index contributed by atoms with van der Waals surface area (Å²) >= 11 is 0. The van der Waals surface area contributed by atoms with E-state index in [1.807, 2.05) is 6.92 Å². The third kappa shape index (κ3) is 2.10. The molecule has 0 unspecified atom stereocenters. The van der Waals surface area contributed by atoms with Gasteiger partial charge < -0.3 is 15.5 Å². The van der Waals surface area contributed by atoms with Crippen LogP contribution >= 0.6 is 0 Å². The third-order valence-electron chi connectivity index (χ3n) is 3.82. The fourth-order valence-corrected chi connectivity index (χ4v) is 2.50. The standard InChI is InChI=1S/C11H21NO2/c1-11(14)7-6-10(11)12-8-2-4-9(13)5-3-8/h8-10,12-14H,2-7H2,1H3/t8?,9?,10-,11-/m0/s1. The van der Waals surface area contributed by atoms with Gasteiger partial charge in [-0.25, -0.2) is 0 Å². The molecule has 0 aliphatic heterocycles. The molecule has 2 atom stereocenters. The molecule has 2 aliphatic rings. The van der Waals surface area contributed by atoms with E-state index < -0.39 is 5.60 Å². The predicted octanol–water partition coefficient (Wildman–Crippen LogP) is 0.793. The number of rotatable bonds is 2. The Morgan fingerprint density at radius 1 is 1.14 bits per heavy atom. The molecular formula is C11H21NO2. The Balaban J connectivity index is 1.76. The first-order valence-corrected chi connectivity index (χ1v) is 5.74. The van der Waals surface area contributed by atoms with E-state index in [0.717, 1.165) is 38.5 Å². The quantitative estimate of drug-likeness (QED) is 0.616. The van der Waals surface area contributed by atoms with Crippen LogP contribution in [-0.4, -0.2) is 34.0 Å². The topological polar surface area (TPSA) is 52.5 Å². The van der Waals surface area contributed by atoms with Crippen molar-refractivity contribution in [1.29, 1.82) is 0 Å². The van der Waals surface area contributed by atoms with Gasteiger partial charge in [-0.1, -0.05) is 0 Å². The minimum Gasteiger partial charge on any atom is -0.393 e. The molecule has 82 valence electrons. The van der Waals surface area contributed by atoms with Crippen LogP contribution in [0, 0.1) is 0 Å². The fourth-order valence-electron chi connectivity index (χ4n) is 2.50. The first kappa shape index (κ1) is 10.4. The monoisotopic (exact) mass is 199 g/mol. The maximum atomic E-state index is 9.84. The highest BCUT2D eigenvalue weighted by atomic mass is 16.3. The zero-order valence-corrected chi connectivity index (χ0v) is 8.87. The minimum absolute atomic E-state index is 0.0880. The van der Waals surface area contributed by atoms with Crippen LogP contribution in [0.2, 0.25) is 0 Å². The van der Waals surface area contributed by atoms with Crippen molar-refractivity contribution in [2.24, 2.45) is 0 Å². The molecule has 3 N–H and O–H groups in total. The molecule has 2 fully saturated rings. The zero-order chi connectivity index (χ0) is 10.2. The molecule has 0 spiro atoms. The Morgan fingerprint density at radius 3 is 2.21 bits per heavy atom. The fraction of sp³-hybridized carbons (Fsp3) is 1.00. The van der Waals surface area contributed by atoms with Gasteiger partial charge in [0.1, 0.15) is 0 Å². The first-order chi connectivity index (χ1) is 6.58. The summed E-state index contributed by atoms with van der Waals surface area (Å²) in [5, 5.41) is 22.7. The SMILES string of the molecule is C[C@]1(O)CC[C@@H]1NC1CCC(O)CC1. The lowest BCUT2D eigenvalue weighted by atomic mass is 9.75. The number of hydrogen-bond acceptors (Lipinski definition) is 3. The highest BCUT2D eigenvalue weighted by Crippen LogP contribution is 2.33. The molecule has 3 heteroatoms. The van der Waals surface area contributed by atoms with Crippen LogP contribution in [0.15, 0.2) is 0 Å². The summed E-state index contributed by atoms with van der Waals surface area (Å²) in [4.78, 5) is 0. The van der Waals surface area contributed by atoms with Crippen molar-refractivity contribution in [2.45, 2.75) is 69.2 Å². The summed E-state index contributed by atoms with van der Waals surface area (Å²) in [5.41, 5.74) is -0.490. The average molecular weight is 199 g/mol. The van der Waals surface area contributed by atoms with Crippen LogP contribution in [0.4, 0.5) is 0 Å². The van der Waals surface area contributed by atoms with E-state index in [4.69, 9.17) is 0 Å². The van der Waals surface area contributed by atoms with Gasteiger partial charge in [0.25, 0.3) is 0 Å². The Kier molecular flexibility index (Phi) is 2.82. The third-order valence-corrected chi connectivity index (χ3v) is 3.82. The minimum atomic E-state index is -0.490. The van der Waals surface area contributed by atoms with Gasteiger partial charge in [0.05, 0.1) is 11.7 Å². The molecule has 14 heavy (non-hydrogen) atoms. The van der Waals surface area contributed by atoms with Gasteiger partial charge in [-0.2, -0.15) is 0 Å². The van der Waals surface area contributed by atoms with E-state index in [0.29, 0.717) is 6.04 Å². The molecule has 0 aromatic rings. The molecule has 2 aliphatic carbocycles. The lowest BCUT2D eigenvalue weighted by Gasteiger charge is -2.45. The molecular weight excluding hydrogens is 178 g/mol. The van der Waals surface area contributed by atoms with E-state index in [2.05, 4.69) is 5.32 Å². The van der Waals surface area contributed by atoms with Crippen molar-refractivity contribution >= 4 is 0 Å². The number of aliphatic hydroxyl groups is 2. The predicted molar refractivity (Wildman–Crippen MR) is 55.0 cm³/mol. The zero-order valence-electron chi connectivity index (χ0n) is 8.87. The van der Waals surface area contributed by atoms with Crippen LogP contribution in [0.5, 0.6) is 0 Å². The van der Waals surface area contributed by atoms with Crippen molar-refractivity contribution in [3.05, 3.63) is 0 Å². The Morgan fingerprint density at radius 2 is 1.79 bits per heavy atom. The second-order valence-electron chi connectivity index (χ2n) is 5.12. The molecule has 0 aromatic carbocycles. The van der Waals surface area contributed by atoms with E-state index in [1.54, 1.807) is 0 Å². The number of nitrogens with one attached hydrogen (secondary N) is 1. The summed E-state index contributed by atoms with van der Waals surface area (Å²) in [6, 6.07) is 0.790. The van der Waals surface area contributed by atoms with E-state index >= 15 is 0 Å². The van der Waals surface area contributed by atoms with Crippen LogP contribution in [0.3, 0.4) is 0 Å². The van der Waals surface area contributed by atoms with Gasteiger partial charge in [-0.3, -0.25) is 0 Å². The highest BCUT2D eigenvalue weighted by Gasteiger charge is 2.41. The van der Waals surface area contributed by atoms with E-state index in [-0.39, 0.29) is 12.1 Å². The molecule has 2 saturated carbocycles. The van der Waals surface area contributed by atoms with E-state index in [1.165, 1.54) is 0 Å². The normalized spacial score (nSPS) is 48.6. The van der Waals surface area contributed by atoms with Gasteiger partial charge in [0.15, 0.2) is 0 Å². The summed E-state index contributed by atoms with van der Waals surface area (Å²) in [6.07, 6.45) is 5.84. The highest BCUT2D eigenvalue weighted by molar-refractivity contribution is 4.99. The molecule has 0 bridgehead atoms. The van der Waals surface area contributed by atoms with Crippen molar-refractivity contribution < 1.29 is 10.2 Å². The van der Waals surface area contributed by atoms with Crippen molar-refractivity contribution in [3.63, 3.8) is 0 Å². The Bertz CT molecular complexity index is 197. The second kappa shape index (κ2) is 3.80. The van der Waals surface area contributed by atoms with Crippen molar-refractivity contribution in [3.8, 4) is 0 Å². The van der Waals surface area contributed by atoms with Gasteiger partial charge in [0, 0.05) is 12.1 Å². The van der Waals surface area contributed by atoms with Gasteiger partial charge in [0.2, 0.25) is 0 Å². The lowest BCUT2D eigenvalue weighted by Crippen LogP contribution is -2.59. The average Bonchev–Trinajstić information content (AvgIpc) is 2.15. The molecule has 0 amide bonds. The maximum absolute atomic E-state index is 9.84. The number of aliphatic hydroxyl groups excluding tert-OH is 1. The summed E-state index contributed by atoms with van der Waals surface area (Å²) in [6.45, 7) is 1.91. The molecule has 0 radical (unpaired) electrons. The van der Waals surface area contributed by atoms with Crippen molar-refractivity contribution in [2.75, 3.05) is 0 Å². The first-order valence-electron chi connectivity index (χ1n) is 5.74. The smallest absolute Gasteiger partial charge is 0.0772 e. The Hall–Kier alpha value is -0.120. The lowest BCUT2D eigenvalue weighted by molar-refractivity contribution is -0.0583. The molecule has 0 aromatic heterocycles. The van der Waals surface area contributed by atoms with E-state index in [9.17, 15) is 10.2 Å². The van der Waals surface area contributed by atoms with Crippen LogP contribution in [0.1, 0.15) is 45.4 Å². The van der Waals surface area contributed by atoms with Crippen LogP contribution in [0.25, 0.3) is 0 Å². The summed E-state index contributed by atoms with van der Waals surface area (Å²) in [7, 11) is 0. The summed E-state index contributed by atoms with van der Waals surface area (Å²) < 4.78 is 0.